The fraction of sp³-hybridized carbons (Fsp3) is 0.0952. The van der Waals surface area contributed by atoms with Crippen LogP contribution in [-0.4, -0.2) is 25.5 Å². The molecule has 3 aromatic carbocycles. The van der Waals surface area contributed by atoms with Crippen molar-refractivity contribution in [2.45, 2.75) is 12.5 Å². The summed E-state index contributed by atoms with van der Waals surface area (Å²) in [5.41, 5.74) is 3.29. The Bertz CT molecular complexity index is 927. The molecule has 0 unspecified atom stereocenters. The van der Waals surface area contributed by atoms with E-state index in [1.165, 1.54) is 11.1 Å². The smallest absolute Gasteiger partial charge is 0.330 e. The van der Waals surface area contributed by atoms with Crippen molar-refractivity contribution < 1.29 is 18.3 Å². The molecule has 0 aliphatic rings. The van der Waals surface area contributed by atoms with Crippen LogP contribution in [0.4, 0.5) is 0 Å². The van der Waals surface area contributed by atoms with Crippen LogP contribution in [0.15, 0.2) is 95.4 Å². The first kappa shape index (κ1) is 20.1. The van der Waals surface area contributed by atoms with Gasteiger partial charge in [0.25, 0.3) is 0 Å². The Morgan fingerprint density at radius 3 is 1.56 bits per heavy atom. The number of carbonyl (C=O) groups is 1. The lowest BCUT2D eigenvalue weighted by molar-refractivity contribution is -0.138. The second-order valence-electron chi connectivity index (χ2n) is 5.60. The zero-order valence-electron chi connectivity index (χ0n) is 14.5. The number of nitrogens with zero attached hydrogens (tertiary/aromatic N) is 1. The molecule has 0 radical (unpaired) electrons. The largest absolute Gasteiger partial charge is 0.480 e. The van der Waals surface area contributed by atoms with Crippen LogP contribution in [0, 0.1) is 0 Å². The van der Waals surface area contributed by atoms with E-state index in [-0.39, 0.29) is 6.42 Å². The van der Waals surface area contributed by atoms with Gasteiger partial charge in [-0.3, -0.25) is 0 Å². The molecular weight excluding hydrogens is 362 g/mol. The molecule has 0 amide bonds. The lowest BCUT2D eigenvalue weighted by atomic mass is 10.1. The minimum absolute atomic E-state index is 0.0736. The second kappa shape index (κ2) is 10.7. The number of hydrogen-bond acceptors (Lipinski definition) is 4. The quantitative estimate of drug-likeness (QED) is 0.721. The fourth-order valence-corrected chi connectivity index (χ4v) is 2.74. The lowest BCUT2D eigenvalue weighted by Gasteiger charge is -2.04. The molecule has 5 nitrogen and oxygen atoms in total. The van der Waals surface area contributed by atoms with Crippen LogP contribution < -0.4 is 0 Å². The maximum Gasteiger partial charge on any atom is 0.330 e. The van der Waals surface area contributed by atoms with E-state index in [1.54, 1.807) is 30.3 Å². The molecule has 1 N–H and O–H groups in total. The van der Waals surface area contributed by atoms with E-state index in [1.807, 2.05) is 12.1 Å². The molecular formula is C21H19NO4S. The van der Waals surface area contributed by atoms with Gasteiger partial charge < -0.3 is 5.11 Å². The van der Waals surface area contributed by atoms with Gasteiger partial charge in [-0.15, -0.1) is 0 Å². The van der Waals surface area contributed by atoms with Crippen molar-refractivity contribution >= 4 is 16.5 Å². The van der Waals surface area contributed by atoms with Crippen LogP contribution in [-0.2, 0) is 21.7 Å². The average molecular weight is 381 g/mol. The SMILES string of the molecule is O=C(O)[C@H](Cc1ccccc1)N=S(=O)=O.c1ccc(-c2ccccc2)cc1. The molecule has 6 heteroatoms. The first-order valence-corrected chi connectivity index (χ1v) is 9.27. The van der Waals surface area contributed by atoms with Crippen LogP contribution >= 0.6 is 0 Å². The van der Waals surface area contributed by atoms with E-state index in [9.17, 15) is 13.2 Å². The Morgan fingerprint density at radius 1 is 0.778 bits per heavy atom. The molecule has 0 aromatic heterocycles. The number of carboxylic acid groups (broad SMARTS) is 1. The second-order valence-corrected chi connectivity index (χ2v) is 6.24. The molecule has 0 saturated carbocycles. The van der Waals surface area contributed by atoms with Crippen molar-refractivity contribution in [3.05, 3.63) is 96.6 Å². The molecule has 3 rings (SSSR count). The highest BCUT2D eigenvalue weighted by molar-refractivity contribution is 7.61. The third-order valence-electron chi connectivity index (χ3n) is 3.65. The van der Waals surface area contributed by atoms with Gasteiger partial charge in [0.15, 0.2) is 6.04 Å². The van der Waals surface area contributed by atoms with E-state index in [0.717, 1.165) is 5.56 Å². The molecule has 1 atom stereocenters. The summed E-state index contributed by atoms with van der Waals surface area (Å²) < 4.78 is 23.6. The zero-order chi connectivity index (χ0) is 19.5. The van der Waals surface area contributed by atoms with Crippen molar-refractivity contribution in [3.8, 4) is 11.1 Å². The van der Waals surface area contributed by atoms with Gasteiger partial charge in [0.2, 0.25) is 0 Å². The van der Waals surface area contributed by atoms with Crippen LogP contribution in [0.2, 0.25) is 0 Å². The first-order valence-electron chi connectivity index (χ1n) is 8.23. The number of aliphatic carboxylic acids is 1. The van der Waals surface area contributed by atoms with Crippen molar-refractivity contribution in [1.29, 1.82) is 0 Å². The monoisotopic (exact) mass is 381 g/mol. The summed E-state index contributed by atoms with van der Waals surface area (Å²) in [5.74, 6) is -1.25. The molecule has 0 aliphatic heterocycles. The van der Waals surface area contributed by atoms with Crippen LogP contribution in [0.25, 0.3) is 11.1 Å². The first-order chi connectivity index (χ1) is 13.1. The van der Waals surface area contributed by atoms with Crippen molar-refractivity contribution in [2.24, 2.45) is 4.36 Å². The maximum atomic E-state index is 10.7. The number of carboxylic acids is 1. The Labute approximate surface area is 159 Å². The standard InChI is InChI=1S/C12H10.C9H9NO4S/c1-3-7-11(8-4-1)12-9-5-2-6-10-12;11-9(12)8(10-15(13)14)6-7-4-2-1-3-5-7/h1-10H;1-5,8H,6H2,(H,11,12)/t;8-/m.0/s1. The highest BCUT2D eigenvalue weighted by atomic mass is 32.2. The molecule has 3 aromatic rings. The highest BCUT2D eigenvalue weighted by Gasteiger charge is 2.17. The number of rotatable bonds is 5. The summed E-state index contributed by atoms with van der Waals surface area (Å²) in [7, 11) is -2.70. The van der Waals surface area contributed by atoms with E-state index in [4.69, 9.17) is 5.11 Å². The molecule has 0 fully saturated rings. The molecule has 0 heterocycles. The van der Waals surface area contributed by atoms with E-state index >= 15 is 0 Å². The molecule has 138 valence electrons. The van der Waals surface area contributed by atoms with Gasteiger partial charge in [-0.05, 0) is 16.7 Å². The maximum absolute atomic E-state index is 10.7. The molecule has 0 spiro atoms. The van der Waals surface area contributed by atoms with Crippen molar-refractivity contribution in [2.75, 3.05) is 0 Å². The molecule has 0 bridgehead atoms. The van der Waals surface area contributed by atoms with Crippen molar-refractivity contribution in [1.82, 2.24) is 0 Å². The summed E-state index contributed by atoms with van der Waals surface area (Å²) >= 11 is 0. The Balaban J connectivity index is 0.000000198. The van der Waals surface area contributed by atoms with Gasteiger partial charge in [-0.2, -0.15) is 12.8 Å². The third-order valence-corrected chi connectivity index (χ3v) is 4.08. The summed E-state index contributed by atoms with van der Waals surface area (Å²) in [4.78, 5) is 10.7. The summed E-state index contributed by atoms with van der Waals surface area (Å²) in [6.45, 7) is 0. The van der Waals surface area contributed by atoms with Gasteiger partial charge in [0, 0.05) is 6.42 Å². The van der Waals surface area contributed by atoms with Crippen LogP contribution in [0.1, 0.15) is 5.56 Å². The van der Waals surface area contributed by atoms with Gasteiger partial charge >= 0.3 is 16.5 Å². The zero-order valence-corrected chi connectivity index (χ0v) is 15.3. The Hall–Kier alpha value is -3.25. The highest BCUT2D eigenvalue weighted by Crippen LogP contribution is 2.17. The Kier molecular flexibility index (Phi) is 7.93. The van der Waals surface area contributed by atoms with Gasteiger partial charge in [-0.25, -0.2) is 4.79 Å². The predicted octanol–water partition coefficient (Wildman–Crippen LogP) is 4.10. The lowest BCUT2D eigenvalue weighted by Crippen LogP contribution is -2.20. The number of benzene rings is 3. The van der Waals surface area contributed by atoms with Gasteiger partial charge in [0.05, 0.1) is 0 Å². The third kappa shape index (κ3) is 7.25. The minimum Gasteiger partial charge on any atom is -0.480 e. The summed E-state index contributed by atoms with van der Waals surface area (Å²) in [5, 5.41) is 8.72. The van der Waals surface area contributed by atoms with Crippen LogP contribution in [0.3, 0.4) is 0 Å². The van der Waals surface area contributed by atoms with E-state index < -0.39 is 22.5 Å². The van der Waals surface area contributed by atoms with Crippen molar-refractivity contribution in [3.63, 3.8) is 0 Å². The normalized spacial score (nSPS) is 10.8. The average Bonchev–Trinajstić information content (AvgIpc) is 2.70. The Morgan fingerprint density at radius 2 is 1.19 bits per heavy atom. The molecule has 0 saturated heterocycles. The summed E-state index contributed by atoms with van der Waals surface area (Å²) in [6, 6.07) is 28.3. The van der Waals surface area contributed by atoms with E-state index in [0.29, 0.717) is 0 Å². The van der Waals surface area contributed by atoms with E-state index in [2.05, 4.69) is 52.9 Å². The fourth-order valence-electron chi connectivity index (χ4n) is 2.37. The molecule has 27 heavy (non-hydrogen) atoms. The van der Waals surface area contributed by atoms with Gasteiger partial charge in [-0.1, -0.05) is 91.0 Å². The molecule has 0 aliphatic carbocycles. The summed E-state index contributed by atoms with van der Waals surface area (Å²) in [6.07, 6.45) is 0.0736. The van der Waals surface area contributed by atoms with Gasteiger partial charge in [0.1, 0.15) is 0 Å². The number of hydrogen-bond donors (Lipinski definition) is 1. The minimum atomic E-state index is -2.70. The van der Waals surface area contributed by atoms with Crippen LogP contribution in [0.5, 0.6) is 0 Å². The topological polar surface area (TPSA) is 83.8 Å². The predicted molar refractivity (Wildman–Crippen MR) is 105 cm³/mol.